The molecule has 0 aliphatic carbocycles. The number of aromatic nitrogens is 1. The Hall–Kier alpha value is -1.42. The van der Waals surface area contributed by atoms with Gasteiger partial charge in [0, 0.05) is 12.4 Å². The number of hydrogen-bond acceptors (Lipinski definition) is 3. The van der Waals surface area contributed by atoms with Gasteiger partial charge in [-0.05, 0) is 12.1 Å². The summed E-state index contributed by atoms with van der Waals surface area (Å²) < 4.78 is 0. The molecule has 0 radical (unpaired) electrons. The molecule has 0 fully saturated rings. The number of nitrogens with zero attached hydrogens (tertiary/aromatic N) is 2. The van der Waals surface area contributed by atoms with E-state index in [1.54, 1.807) is 24.5 Å². The second-order valence-corrected chi connectivity index (χ2v) is 1.72. The van der Waals surface area contributed by atoms with Crippen LogP contribution in [0.2, 0.25) is 0 Å². The molecule has 0 saturated heterocycles. The number of hydrogen-bond donors (Lipinski definition) is 1. The number of pyridine rings is 1. The van der Waals surface area contributed by atoms with Gasteiger partial charge in [-0.2, -0.15) is 0 Å². The monoisotopic (exact) mass is 137 g/mol. The molecule has 0 unspecified atom stereocenters. The Balaban J connectivity index is 2.84. The van der Waals surface area contributed by atoms with Gasteiger partial charge in [-0.3, -0.25) is 14.8 Å². The van der Waals surface area contributed by atoms with Crippen molar-refractivity contribution < 1.29 is 4.79 Å². The summed E-state index contributed by atoms with van der Waals surface area (Å²) in [6.45, 7) is 0. The van der Waals surface area contributed by atoms with Crippen LogP contribution in [0.15, 0.2) is 24.5 Å². The minimum absolute atomic E-state index is 0.537. The van der Waals surface area contributed by atoms with E-state index in [-0.39, 0.29) is 0 Å². The van der Waals surface area contributed by atoms with E-state index in [4.69, 9.17) is 5.84 Å². The molecule has 0 aliphatic rings. The SMILES string of the molecule is NN(C=O)c1ccncc1. The van der Waals surface area contributed by atoms with Gasteiger partial charge in [0.05, 0.1) is 5.69 Å². The van der Waals surface area contributed by atoms with Crippen molar-refractivity contribution in [1.82, 2.24) is 4.98 Å². The summed E-state index contributed by atoms with van der Waals surface area (Å²) in [6, 6.07) is 3.29. The van der Waals surface area contributed by atoms with Crippen molar-refractivity contribution in [2.75, 3.05) is 5.01 Å². The third-order valence-corrected chi connectivity index (χ3v) is 1.07. The fourth-order valence-electron chi connectivity index (χ4n) is 0.577. The maximum absolute atomic E-state index is 10.1. The molecule has 0 bridgehead atoms. The highest BCUT2D eigenvalue weighted by Crippen LogP contribution is 2.04. The first-order chi connectivity index (χ1) is 4.84. The third kappa shape index (κ3) is 1.29. The van der Waals surface area contributed by atoms with Crippen LogP contribution in [0.5, 0.6) is 0 Å². The quantitative estimate of drug-likeness (QED) is 0.268. The second-order valence-electron chi connectivity index (χ2n) is 1.72. The first kappa shape index (κ1) is 6.70. The normalized spacial score (nSPS) is 8.90. The average Bonchev–Trinajstić information content (AvgIpc) is 2.05. The van der Waals surface area contributed by atoms with Crippen molar-refractivity contribution in [2.24, 2.45) is 5.84 Å². The number of anilines is 1. The van der Waals surface area contributed by atoms with Crippen molar-refractivity contribution in [1.29, 1.82) is 0 Å². The largest absolute Gasteiger partial charge is 0.277 e. The Bertz CT molecular complexity index is 211. The molecule has 0 aromatic carbocycles. The summed E-state index contributed by atoms with van der Waals surface area (Å²) in [7, 11) is 0. The molecular formula is C6H7N3O. The van der Waals surface area contributed by atoms with Crippen LogP contribution in [0, 0.1) is 0 Å². The lowest BCUT2D eigenvalue weighted by Crippen LogP contribution is -2.28. The first-order valence-electron chi connectivity index (χ1n) is 2.74. The number of hydrazine groups is 1. The van der Waals surface area contributed by atoms with Crippen molar-refractivity contribution in [2.45, 2.75) is 0 Å². The zero-order valence-corrected chi connectivity index (χ0v) is 5.27. The highest BCUT2D eigenvalue weighted by Gasteiger charge is 1.94. The third-order valence-electron chi connectivity index (χ3n) is 1.07. The summed E-state index contributed by atoms with van der Waals surface area (Å²) >= 11 is 0. The molecule has 2 N–H and O–H groups in total. The van der Waals surface area contributed by atoms with Gasteiger partial charge in [0.25, 0.3) is 0 Å². The molecule has 1 aromatic rings. The zero-order valence-electron chi connectivity index (χ0n) is 5.27. The Labute approximate surface area is 58.2 Å². The van der Waals surface area contributed by atoms with E-state index in [2.05, 4.69) is 4.98 Å². The molecular weight excluding hydrogens is 130 g/mol. The molecule has 1 rings (SSSR count). The summed E-state index contributed by atoms with van der Waals surface area (Å²) in [6.07, 6.45) is 3.67. The Morgan fingerprint density at radius 3 is 2.60 bits per heavy atom. The molecule has 52 valence electrons. The van der Waals surface area contributed by atoms with E-state index in [1.165, 1.54) is 0 Å². The van der Waals surface area contributed by atoms with E-state index < -0.39 is 0 Å². The van der Waals surface area contributed by atoms with Crippen LogP contribution < -0.4 is 10.9 Å². The second kappa shape index (κ2) is 2.93. The van der Waals surface area contributed by atoms with E-state index in [0.29, 0.717) is 12.1 Å². The maximum Gasteiger partial charge on any atom is 0.228 e. The van der Waals surface area contributed by atoms with Gasteiger partial charge >= 0.3 is 0 Å². The van der Waals surface area contributed by atoms with E-state index in [0.717, 1.165) is 5.01 Å². The topological polar surface area (TPSA) is 59.2 Å². The molecule has 10 heavy (non-hydrogen) atoms. The van der Waals surface area contributed by atoms with Crippen LogP contribution in [0.3, 0.4) is 0 Å². The molecule has 0 aliphatic heterocycles. The highest BCUT2D eigenvalue weighted by molar-refractivity contribution is 5.72. The predicted octanol–water partition coefficient (Wildman–Crippen LogP) is -0.0819. The van der Waals surface area contributed by atoms with E-state index >= 15 is 0 Å². The lowest BCUT2D eigenvalue weighted by atomic mass is 10.4. The summed E-state index contributed by atoms with van der Waals surface area (Å²) in [5.41, 5.74) is 0.630. The molecule has 0 saturated carbocycles. The van der Waals surface area contributed by atoms with Gasteiger partial charge < -0.3 is 0 Å². The fraction of sp³-hybridized carbons (Fsp3) is 0. The molecule has 1 amide bonds. The van der Waals surface area contributed by atoms with Gasteiger partial charge in [0.15, 0.2) is 0 Å². The van der Waals surface area contributed by atoms with Crippen LogP contribution in [0.25, 0.3) is 0 Å². The number of nitrogens with two attached hydrogens (primary N) is 1. The molecule has 0 spiro atoms. The average molecular weight is 137 g/mol. The summed E-state index contributed by atoms with van der Waals surface area (Å²) in [5, 5.41) is 0.988. The number of amides is 1. The Morgan fingerprint density at radius 2 is 2.10 bits per heavy atom. The van der Waals surface area contributed by atoms with Crippen molar-refractivity contribution in [3.63, 3.8) is 0 Å². The summed E-state index contributed by atoms with van der Waals surface area (Å²) in [4.78, 5) is 13.8. The smallest absolute Gasteiger partial charge is 0.228 e. The lowest BCUT2D eigenvalue weighted by molar-refractivity contribution is -0.107. The van der Waals surface area contributed by atoms with Gasteiger partial charge in [0.2, 0.25) is 6.41 Å². The van der Waals surface area contributed by atoms with Crippen molar-refractivity contribution in [3.05, 3.63) is 24.5 Å². The van der Waals surface area contributed by atoms with Crippen molar-refractivity contribution >= 4 is 12.1 Å². The minimum atomic E-state index is 0.537. The Morgan fingerprint density at radius 1 is 1.50 bits per heavy atom. The molecule has 1 heterocycles. The van der Waals surface area contributed by atoms with Crippen molar-refractivity contribution in [3.8, 4) is 0 Å². The number of carbonyl (C=O) groups excluding carboxylic acids is 1. The van der Waals surface area contributed by atoms with Gasteiger partial charge in [-0.15, -0.1) is 0 Å². The highest BCUT2D eigenvalue weighted by atomic mass is 16.1. The standard InChI is InChI=1S/C6H7N3O/c7-9(5-10)6-1-3-8-4-2-6/h1-5H,7H2. The van der Waals surface area contributed by atoms with Crippen LogP contribution in [0.4, 0.5) is 5.69 Å². The summed E-state index contributed by atoms with van der Waals surface area (Å²) in [5.74, 6) is 5.23. The van der Waals surface area contributed by atoms with Crippen LogP contribution in [-0.2, 0) is 4.79 Å². The number of carbonyl (C=O) groups is 1. The number of rotatable bonds is 2. The van der Waals surface area contributed by atoms with Crippen LogP contribution in [-0.4, -0.2) is 11.4 Å². The van der Waals surface area contributed by atoms with Crippen LogP contribution >= 0.6 is 0 Å². The first-order valence-corrected chi connectivity index (χ1v) is 2.74. The van der Waals surface area contributed by atoms with E-state index in [1.807, 2.05) is 0 Å². The van der Waals surface area contributed by atoms with E-state index in [9.17, 15) is 4.79 Å². The Kier molecular flexibility index (Phi) is 1.96. The van der Waals surface area contributed by atoms with Crippen LogP contribution in [0.1, 0.15) is 0 Å². The molecule has 0 atom stereocenters. The molecule has 1 aromatic heterocycles. The maximum atomic E-state index is 10.1. The fourth-order valence-corrected chi connectivity index (χ4v) is 0.577. The van der Waals surface area contributed by atoms with Gasteiger partial charge in [-0.25, -0.2) is 5.84 Å². The molecule has 4 heteroatoms. The lowest BCUT2D eigenvalue weighted by Gasteiger charge is -2.07. The zero-order chi connectivity index (χ0) is 7.40. The van der Waals surface area contributed by atoms with Gasteiger partial charge in [-0.1, -0.05) is 0 Å². The molecule has 4 nitrogen and oxygen atoms in total. The minimum Gasteiger partial charge on any atom is -0.277 e. The predicted molar refractivity (Wildman–Crippen MR) is 37.0 cm³/mol. The van der Waals surface area contributed by atoms with Gasteiger partial charge in [0.1, 0.15) is 0 Å².